The van der Waals surface area contributed by atoms with Crippen LogP contribution in [0.25, 0.3) is 10.8 Å². The monoisotopic (exact) mass is 301 g/mol. The summed E-state index contributed by atoms with van der Waals surface area (Å²) >= 11 is 0. The van der Waals surface area contributed by atoms with Crippen LogP contribution in [0.1, 0.15) is 32.6 Å². The van der Waals surface area contributed by atoms with Crippen molar-refractivity contribution >= 4 is 22.6 Å². The third-order valence-corrected chi connectivity index (χ3v) is 3.89. The fourth-order valence-corrected chi connectivity index (χ4v) is 2.94. The summed E-state index contributed by atoms with van der Waals surface area (Å²) in [5.41, 5.74) is 1.09. The number of imide groups is 1. The lowest BCUT2D eigenvalue weighted by Gasteiger charge is -2.29. The molecule has 0 saturated carbocycles. The van der Waals surface area contributed by atoms with Gasteiger partial charge >= 0.3 is 0 Å². The zero-order valence-corrected chi connectivity index (χ0v) is 11.5. The van der Waals surface area contributed by atoms with Gasteiger partial charge in [0.25, 0.3) is 11.8 Å². The van der Waals surface area contributed by atoms with E-state index < -0.39 is 18.1 Å². The normalized spacial score (nSPS) is 20.1. The van der Waals surface area contributed by atoms with Crippen molar-refractivity contribution in [3.05, 3.63) is 41.0 Å². The molecule has 0 bridgehead atoms. The zero-order chi connectivity index (χ0) is 15.4. The van der Waals surface area contributed by atoms with Crippen LogP contribution in [0.5, 0.6) is 5.75 Å². The van der Waals surface area contributed by atoms with Gasteiger partial charge in [-0.25, -0.2) is 0 Å². The van der Waals surface area contributed by atoms with E-state index in [2.05, 4.69) is 0 Å². The Bertz CT molecular complexity index is 830. The number of rotatable bonds is 1. The van der Waals surface area contributed by atoms with Crippen LogP contribution >= 0.6 is 0 Å². The van der Waals surface area contributed by atoms with Gasteiger partial charge in [0.15, 0.2) is 13.1 Å². The molecule has 4 rings (SSSR count). The number of fused-ring (bicyclic) bond motifs is 2. The van der Waals surface area contributed by atoms with Crippen molar-refractivity contribution < 1.29 is 29.0 Å². The quantitative estimate of drug-likeness (QED) is 0.639. The number of hydrogen-bond donors (Lipinski definition) is 1. The summed E-state index contributed by atoms with van der Waals surface area (Å²) in [5, 5.41) is 10.9. The maximum Gasteiger partial charge on any atom is 0.285 e. The van der Waals surface area contributed by atoms with E-state index in [1.165, 1.54) is 13.2 Å². The van der Waals surface area contributed by atoms with Crippen LogP contribution in [0.15, 0.2) is 24.3 Å². The lowest BCUT2D eigenvalue weighted by atomic mass is 9.91. The lowest BCUT2D eigenvalue weighted by Crippen LogP contribution is -2.37. The number of benzene rings is 2. The molecule has 1 unspecified atom stereocenters. The number of amides is 2. The van der Waals surface area contributed by atoms with Crippen LogP contribution in [0.4, 0.5) is 0 Å². The first-order chi connectivity index (χ1) is 10.6. The highest BCUT2D eigenvalue weighted by molar-refractivity contribution is 6.25. The van der Waals surface area contributed by atoms with Crippen molar-refractivity contribution in [2.75, 3.05) is 13.9 Å². The van der Waals surface area contributed by atoms with Crippen LogP contribution < -0.4 is 4.74 Å². The zero-order valence-electron chi connectivity index (χ0n) is 11.5. The molecule has 0 aliphatic carbocycles. The van der Waals surface area contributed by atoms with Crippen molar-refractivity contribution in [2.24, 2.45) is 0 Å². The topological polar surface area (TPSA) is 85.3 Å². The van der Waals surface area contributed by atoms with Crippen LogP contribution in [-0.4, -0.2) is 36.0 Å². The third-order valence-electron chi connectivity index (χ3n) is 3.89. The van der Waals surface area contributed by atoms with E-state index in [9.17, 15) is 14.8 Å². The van der Waals surface area contributed by atoms with Crippen LogP contribution in [0, 0.1) is 0 Å². The van der Waals surface area contributed by atoms with Crippen LogP contribution in [-0.2, 0) is 9.47 Å². The van der Waals surface area contributed by atoms with Crippen molar-refractivity contribution in [3.8, 4) is 5.75 Å². The molecule has 0 spiro atoms. The van der Waals surface area contributed by atoms with E-state index in [4.69, 9.17) is 14.2 Å². The first-order valence-electron chi connectivity index (χ1n) is 6.58. The van der Waals surface area contributed by atoms with E-state index in [-0.39, 0.29) is 23.0 Å². The number of hydroxylamine groups is 2. The Morgan fingerprint density at radius 1 is 1.27 bits per heavy atom. The van der Waals surface area contributed by atoms with Gasteiger partial charge in [-0.1, -0.05) is 12.1 Å². The third kappa shape index (κ3) is 1.55. The fourth-order valence-electron chi connectivity index (χ4n) is 2.94. The van der Waals surface area contributed by atoms with Crippen molar-refractivity contribution in [1.82, 2.24) is 5.06 Å². The Kier molecular flexibility index (Phi) is 2.70. The smallest absolute Gasteiger partial charge is 0.285 e. The predicted octanol–water partition coefficient (Wildman–Crippen LogP) is 1.84. The molecule has 22 heavy (non-hydrogen) atoms. The van der Waals surface area contributed by atoms with Gasteiger partial charge < -0.3 is 14.2 Å². The molecule has 7 heteroatoms. The summed E-state index contributed by atoms with van der Waals surface area (Å²) in [6.07, 6.45) is -0.648. The predicted molar refractivity (Wildman–Crippen MR) is 72.6 cm³/mol. The number of nitrogens with zero attached hydrogens (tertiary/aromatic N) is 1. The van der Waals surface area contributed by atoms with Crippen molar-refractivity contribution in [1.29, 1.82) is 0 Å². The standard InChI is InChI=1S/C15H11NO6/c1-20-15-12-7-3-2-4-8-11(7)9(5-10(12)21-6-22-15)14(18)16(19)13(8)17/h2-5,15,19H,6H2,1H3. The van der Waals surface area contributed by atoms with Gasteiger partial charge in [0.05, 0.1) is 16.7 Å². The summed E-state index contributed by atoms with van der Waals surface area (Å²) in [7, 11) is 1.50. The number of carbonyl (C=O) groups excluding carboxylic acids is 2. The second-order valence-electron chi connectivity index (χ2n) is 4.98. The Morgan fingerprint density at radius 2 is 2.05 bits per heavy atom. The summed E-state index contributed by atoms with van der Waals surface area (Å²) in [4.78, 5) is 24.3. The molecule has 0 aromatic heterocycles. The maximum atomic E-state index is 12.2. The molecule has 2 aliphatic heterocycles. The molecule has 2 aromatic rings. The minimum absolute atomic E-state index is 0.00783. The van der Waals surface area contributed by atoms with Crippen LogP contribution in [0.3, 0.4) is 0 Å². The molecule has 1 atom stereocenters. The number of carbonyl (C=O) groups is 2. The molecule has 0 radical (unpaired) electrons. The van der Waals surface area contributed by atoms with E-state index in [1.54, 1.807) is 18.2 Å². The van der Waals surface area contributed by atoms with Gasteiger partial charge in [-0.2, -0.15) is 0 Å². The molecule has 0 saturated heterocycles. The highest BCUT2D eigenvalue weighted by Crippen LogP contribution is 2.42. The first kappa shape index (κ1) is 13.2. The Labute approximate surface area is 124 Å². The minimum atomic E-state index is -0.777. The van der Waals surface area contributed by atoms with Crippen LogP contribution in [0.2, 0.25) is 0 Å². The molecular formula is C15H11NO6. The number of methoxy groups -OCH3 is 1. The molecular weight excluding hydrogens is 290 g/mol. The largest absolute Gasteiger partial charge is 0.467 e. The van der Waals surface area contributed by atoms with Gasteiger partial charge in [0.1, 0.15) is 5.75 Å². The van der Waals surface area contributed by atoms with Crippen molar-refractivity contribution in [2.45, 2.75) is 6.29 Å². The Balaban J connectivity index is 2.14. The molecule has 2 amide bonds. The lowest BCUT2D eigenvalue weighted by molar-refractivity contribution is -0.179. The number of hydrogen-bond acceptors (Lipinski definition) is 6. The van der Waals surface area contributed by atoms with Crippen molar-refractivity contribution in [3.63, 3.8) is 0 Å². The molecule has 2 aliphatic rings. The summed E-state index contributed by atoms with van der Waals surface area (Å²) in [6, 6.07) is 6.50. The van der Waals surface area contributed by atoms with E-state index in [0.717, 1.165) is 0 Å². The van der Waals surface area contributed by atoms with Gasteiger partial charge in [0.2, 0.25) is 0 Å². The molecule has 0 fully saturated rings. The van der Waals surface area contributed by atoms with E-state index >= 15 is 0 Å². The van der Waals surface area contributed by atoms with Gasteiger partial charge in [0, 0.05) is 12.5 Å². The molecule has 2 aromatic carbocycles. The summed E-state index contributed by atoms with van der Waals surface area (Å²) in [5.74, 6) is -1.09. The van der Waals surface area contributed by atoms with E-state index in [0.29, 0.717) is 22.1 Å². The SMILES string of the molecule is COC1OCOc2cc3c4c(cccc4c21)C(=O)N(O)C3=O. The summed E-state index contributed by atoms with van der Waals surface area (Å²) in [6.45, 7) is -0.00783. The van der Waals surface area contributed by atoms with Gasteiger partial charge in [-0.15, -0.1) is 5.06 Å². The number of ether oxygens (including phenoxy) is 3. The maximum absolute atomic E-state index is 12.2. The molecule has 1 N–H and O–H groups in total. The highest BCUT2D eigenvalue weighted by atomic mass is 16.8. The Hall–Kier alpha value is -2.48. The highest BCUT2D eigenvalue weighted by Gasteiger charge is 2.36. The van der Waals surface area contributed by atoms with Gasteiger partial charge in [-0.05, 0) is 17.5 Å². The first-order valence-corrected chi connectivity index (χ1v) is 6.58. The van der Waals surface area contributed by atoms with E-state index in [1.807, 2.05) is 0 Å². The fraction of sp³-hybridized carbons (Fsp3) is 0.200. The Morgan fingerprint density at radius 3 is 2.82 bits per heavy atom. The average molecular weight is 301 g/mol. The van der Waals surface area contributed by atoms with Gasteiger partial charge in [-0.3, -0.25) is 14.8 Å². The second-order valence-corrected chi connectivity index (χ2v) is 4.98. The summed E-state index contributed by atoms with van der Waals surface area (Å²) < 4.78 is 16.1. The molecule has 7 nitrogen and oxygen atoms in total. The molecule has 2 heterocycles. The average Bonchev–Trinajstić information content (AvgIpc) is 2.56. The second kappa shape index (κ2) is 4.51. The minimum Gasteiger partial charge on any atom is -0.467 e. The molecule has 112 valence electrons.